The first-order valence-electron chi connectivity index (χ1n) is 8.58. The van der Waals surface area contributed by atoms with Crippen LogP contribution in [0.25, 0.3) is 0 Å². The van der Waals surface area contributed by atoms with Gasteiger partial charge in [-0.25, -0.2) is 4.98 Å². The summed E-state index contributed by atoms with van der Waals surface area (Å²) in [5.74, 6) is 2.02. The van der Waals surface area contributed by atoms with Gasteiger partial charge in [-0.1, -0.05) is 20.3 Å². The van der Waals surface area contributed by atoms with Gasteiger partial charge in [0.25, 0.3) is 0 Å². The van der Waals surface area contributed by atoms with E-state index < -0.39 is 0 Å². The average molecular weight is 292 g/mol. The van der Waals surface area contributed by atoms with Crippen LogP contribution in [-0.2, 0) is 6.54 Å². The summed E-state index contributed by atoms with van der Waals surface area (Å²) in [7, 11) is 0. The van der Waals surface area contributed by atoms with Gasteiger partial charge >= 0.3 is 0 Å². The lowest BCUT2D eigenvalue weighted by atomic mass is 9.74. The van der Waals surface area contributed by atoms with E-state index in [2.05, 4.69) is 41.4 Å². The zero-order chi connectivity index (χ0) is 15.3. The Labute approximate surface area is 129 Å². The molecule has 2 N–H and O–H groups in total. The fourth-order valence-corrected chi connectivity index (χ4v) is 3.87. The first kappa shape index (κ1) is 16.5. The Hall–Kier alpha value is -0.870. The van der Waals surface area contributed by atoms with Crippen LogP contribution in [0.2, 0.25) is 0 Å². The normalized spacial score (nSPS) is 26.4. The minimum Gasteiger partial charge on any atom is -0.334 e. The number of aryl methyl sites for hydroxylation is 1. The number of hydrogen-bond donors (Lipinski definition) is 1. The molecular formula is C17H32N4. The lowest BCUT2D eigenvalue weighted by molar-refractivity contribution is 0.0429. The van der Waals surface area contributed by atoms with Crippen molar-refractivity contribution in [1.82, 2.24) is 14.5 Å². The summed E-state index contributed by atoms with van der Waals surface area (Å²) in [5.41, 5.74) is 6.45. The molecule has 0 atom stereocenters. The van der Waals surface area contributed by atoms with E-state index >= 15 is 0 Å². The number of aromatic nitrogens is 2. The van der Waals surface area contributed by atoms with Crippen molar-refractivity contribution in [2.24, 2.45) is 11.7 Å². The van der Waals surface area contributed by atoms with Gasteiger partial charge in [0.15, 0.2) is 0 Å². The van der Waals surface area contributed by atoms with Crippen LogP contribution in [0.4, 0.5) is 0 Å². The monoisotopic (exact) mass is 292 g/mol. The number of nitrogens with zero attached hydrogens (tertiary/aromatic N) is 3. The predicted molar refractivity (Wildman–Crippen MR) is 88.2 cm³/mol. The Morgan fingerprint density at radius 3 is 2.57 bits per heavy atom. The lowest BCUT2D eigenvalue weighted by Crippen LogP contribution is -2.56. The largest absolute Gasteiger partial charge is 0.334 e. The molecule has 4 heteroatoms. The van der Waals surface area contributed by atoms with Gasteiger partial charge in [-0.2, -0.15) is 0 Å². The molecular weight excluding hydrogens is 260 g/mol. The second-order valence-electron chi connectivity index (χ2n) is 6.53. The topological polar surface area (TPSA) is 47.1 Å². The number of hydrogen-bond acceptors (Lipinski definition) is 3. The molecule has 2 rings (SSSR count). The van der Waals surface area contributed by atoms with E-state index in [-0.39, 0.29) is 5.54 Å². The molecule has 0 aliphatic heterocycles. The van der Waals surface area contributed by atoms with Gasteiger partial charge in [-0.05, 0) is 45.1 Å². The Morgan fingerprint density at radius 1 is 1.38 bits per heavy atom. The molecule has 1 aromatic heterocycles. The van der Waals surface area contributed by atoms with Gasteiger partial charge in [-0.3, -0.25) is 4.90 Å². The Bertz CT molecular complexity index is 418. The molecule has 0 saturated heterocycles. The summed E-state index contributed by atoms with van der Waals surface area (Å²) in [5, 5.41) is 0. The highest BCUT2D eigenvalue weighted by Crippen LogP contribution is 2.37. The summed E-state index contributed by atoms with van der Waals surface area (Å²) in [6.45, 7) is 10.6. The standard InChI is InChI=1S/C17H32N4/c1-4-16-6-8-17(14-18,9-7-16)21(5-2)13-12-20-11-10-19-15(20)3/h10-11,16H,4-9,12-14,18H2,1-3H3. The van der Waals surface area contributed by atoms with Crippen molar-refractivity contribution in [2.45, 2.75) is 65.0 Å². The highest BCUT2D eigenvalue weighted by Gasteiger charge is 2.37. The lowest BCUT2D eigenvalue weighted by Gasteiger charge is -2.47. The van der Waals surface area contributed by atoms with Gasteiger partial charge in [0.2, 0.25) is 0 Å². The van der Waals surface area contributed by atoms with Gasteiger partial charge in [0.05, 0.1) is 0 Å². The third-order valence-electron chi connectivity index (χ3n) is 5.58. The van der Waals surface area contributed by atoms with E-state index in [1.807, 2.05) is 6.20 Å². The van der Waals surface area contributed by atoms with E-state index in [0.29, 0.717) is 0 Å². The van der Waals surface area contributed by atoms with Crippen molar-refractivity contribution < 1.29 is 0 Å². The third kappa shape index (κ3) is 3.67. The van der Waals surface area contributed by atoms with Crippen LogP contribution in [0.1, 0.15) is 51.8 Å². The van der Waals surface area contributed by atoms with Gasteiger partial charge in [0.1, 0.15) is 5.82 Å². The fourth-order valence-electron chi connectivity index (χ4n) is 3.87. The zero-order valence-electron chi connectivity index (χ0n) is 14.0. The van der Waals surface area contributed by atoms with Crippen LogP contribution >= 0.6 is 0 Å². The summed E-state index contributed by atoms with van der Waals surface area (Å²) < 4.78 is 2.24. The molecule has 0 spiro atoms. The molecule has 120 valence electrons. The molecule has 0 radical (unpaired) electrons. The van der Waals surface area contributed by atoms with Crippen LogP contribution < -0.4 is 5.73 Å². The molecule has 1 aliphatic carbocycles. The van der Waals surface area contributed by atoms with Crippen molar-refractivity contribution in [2.75, 3.05) is 19.6 Å². The van der Waals surface area contributed by atoms with Crippen molar-refractivity contribution >= 4 is 0 Å². The van der Waals surface area contributed by atoms with Crippen molar-refractivity contribution in [1.29, 1.82) is 0 Å². The van der Waals surface area contributed by atoms with Gasteiger partial charge in [0, 0.05) is 37.6 Å². The molecule has 21 heavy (non-hydrogen) atoms. The van der Waals surface area contributed by atoms with Crippen LogP contribution in [0.3, 0.4) is 0 Å². The fraction of sp³-hybridized carbons (Fsp3) is 0.824. The highest BCUT2D eigenvalue weighted by molar-refractivity contribution is 4.96. The molecule has 1 heterocycles. The van der Waals surface area contributed by atoms with E-state index in [9.17, 15) is 0 Å². The molecule has 0 bridgehead atoms. The zero-order valence-corrected chi connectivity index (χ0v) is 14.0. The Morgan fingerprint density at radius 2 is 2.10 bits per heavy atom. The molecule has 1 aliphatic rings. The first-order chi connectivity index (χ1) is 10.1. The SMILES string of the molecule is CCC1CCC(CN)(N(CC)CCn2ccnc2C)CC1. The van der Waals surface area contributed by atoms with Gasteiger partial charge < -0.3 is 10.3 Å². The van der Waals surface area contributed by atoms with Crippen molar-refractivity contribution in [3.8, 4) is 0 Å². The third-order valence-corrected chi connectivity index (χ3v) is 5.58. The number of rotatable bonds is 7. The molecule has 1 aromatic rings. The maximum atomic E-state index is 6.22. The van der Waals surface area contributed by atoms with E-state index in [4.69, 9.17) is 5.73 Å². The van der Waals surface area contributed by atoms with Crippen molar-refractivity contribution in [3.63, 3.8) is 0 Å². The van der Waals surface area contributed by atoms with E-state index in [1.165, 1.54) is 32.1 Å². The minimum absolute atomic E-state index is 0.231. The minimum atomic E-state index is 0.231. The summed E-state index contributed by atoms with van der Waals surface area (Å²) in [6.07, 6.45) is 10.5. The number of likely N-dealkylation sites (N-methyl/N-ethyl adjacent to an activating group) is 1. The van der Waals surface area contributed by atoms with Crippen LogP contribution in [-0.4, -0.2) is 39.6 Å². The van der Waals surface area contributed by atoms with Crippen molar-refractivity contribution in [3.05, 3.63) is 18.2 Å². The van der Waals surface area contributed by atoms with Crippen LogP contribution in [0, 0.1) is 12.8 Å². The maximum Gasteiger partial charge on any atom is 0.105 e. The summed E-state index contributed by atoms with van der Waals surface area (Å²) in [6, 6.07) is 0. The Kier molecular flexibility index (Phi) is 5.82. The van der Waals surface area contributed by atoms with Crippen LogP contribution in [0.15, 0.2) is 12.4 Å². The second-order valence-corrected chi connectivity index (χ2v) is 6.53. The maximum absolute atomic E-state index is 6.22. The molecule has 4 nitrogen and oxygen atoms in total. The summed E-state index contributed by atoms with van der Waals surface area (Å²) in [4.78, 5) is 6.93. The molecule has 0 amide bonds. The highest BCUT2D eigenvalue weighted by atomic mass is 15.2. The Balaban J connectivity index is 1.99. The first-order valence-corrected chi connectivity index (χ1v) is 8.58. The number of imidazole rings is 1. The molecule has 1 fully saturated rings. The molecule has 0 aromatic carbocycles. The van der Waals surface area contributed by atoms with Crippen LogP contribution in [0.5, 0.6) is 0 Å². The molecule has 1 saturated carbocycles. The molecule has 0 unspecified atom stereocenters. The van der Waals surface area contributed by atoms with E-state index in [0.717, 1.165) is 37.9 Å². The van der Waals surface area contributed by atoms with Gasteiger partial charge in [-0.15, -0.1) is 0 Å². The quantitative estimate of drug-likeness (QED) is 0.840. The predicted octanol–water partition coefficient (Wildman–Crippen LogP) is 2.81. The summed E-state index contributed by atoms with van der Waals surface area (Å²) >= 11 is 0. The number of nitrogens with two attached hydrogens (primary N) is 1. The van der Waals surface area contributed by atoms with E-state index in [1.54, 1.807) is 0 Å². The smallest absolute Gasteiger partial charge is 0.105 e. The average Bonchev–Trinajstić information content (AvgIpc) is 2.93. The second kappa shape index (κ2) is 7.41.